The maximum Gasteiger partial charge on any atom is 0.232 e. The van der Waals surface area contributed by atoms with Crippen LogP contribution in [0.25, 0.3) is 28.0 Å². The van der Waals surface area contributed by atoms with E-state index in [0.29, 0.717) is 23.8 Å². The largest absolute Gasteiger partial charge is 0.480 e. The van der Waals surface area contributed by atoms with Crippen LogP contribution in [-0.2, 0) is 16.4 Å². The Hall–Kier alpha value is -4.31. The van der Waals surface area contributed by atoms with Crippen molar-refractivity contribution < 1.29 is 13.2 Å². The summed E-state index contributed by atoms with van der Waals surface area (Å²) in [5.74, 6) is 0.927. The Kier molecular flexibility index (Phi) is 5.87. The fourth-order valence-corrected chi connectivity index (χ4v) is 4.57. The number of nitrogens with zero attached hydrogens (tertiary/aromatic N) is 5. The van der Waals surface area contributed by atoms with Gasteiger partial charge in [0, 0.05) is 36.0 Å². The predicted octanol–water partition coefficient (Wildman–Crippen LogP) is 3.88. The van der Waals surface area contributed by atoms with Gasteiger partial charge in [-0.25, -0.2) is 22.9 Å². The lowest BCUT2D eigenvalue weighted by atomic mass is 10.1. The quantitative estimate of drug-likeness (QED) is 0.369. The Balaban J connectivity index is 1.66. The fraction of sp³-hybridized carbons (Fsp3) is 0.120. The Morgan fingerprint density at radius 2 is 1.80 bits per heavy atom. The number of pyridine rings is 2. The minimum atomic E-state index is -3.58. The van der Waals surface area contributed by atoms with Gasteiger partial charge in [0.15, 0.2) is 21.5 Å². The highest BCUT2D eigenvalue weighted by Crippen LogP contribution is 2.32. The van der Waals surface area contributed by atoms with Crippen molar-refractivity contribution in [3.63, 3.8) is 0 Å². The second-order valence-electron chi connectivity index (χ2n) is 7.85. The summed E-state index contributed by atoms with van der Waals surface area (Å²) in [6.45, 7) is 0.446. The topological polar surface area (TPSA) is 111 Å². The smallest absolute Gasteiger partial charge is 0.232 e. The van der Waals surface area contributed by atoms with Crippen LogP contribution in [0.15, 0.2) is 84.1 Å². The summed E-state index contributed by atoms with van der Waals surface area (Å²) in [4.78, 5) is 13.3. The SMILES string of the molecule is COc1ncc(-c2nc(NCc3ccccn3)c3c(-c4ccccc4)ccn3n2)cc1S(C)(=O)=O. The summed E-state index contributed by atoms with van der Waals surface area (Å²) in [5.41, 5.74) is 4.08. The molecule has 0 bridgehead atoms. The molecule has 4 heterocycles. The molecule has 0 aliphatic carbocycles. The molecule has 10 heteroatoms. The summed E-state index contributed by atoms with van der Waals surface area (Å²) < 4.78 is 31.5. The summed E-state index contributed by atoms with van der Waals surface area (Å²) >= 11 is 0. The van der Waals surface area contributed by atoms with Gasteiger partial charge >= 0.3 is 0 Å². The number of rotatable bonds is 7. The van der Waals surface area contributed by atoms with Gasteiger partial charge in [-0.05, 0) is 29.8 Å². The number of ether oxygens (including phenoxy) is 1. The number of hydrogen-bond acceptors (Lipinski definition) is 8. The highest BCUT2D eigenvalue weighted by Gasteiger charge is 2.20. The predicted molar refractivity (Wildman–Crippen MR) is 133 cm³/mol. The average Bonchev–Trinajstić information content (AvgIpc) is 3.32. The molecule has 9 nitrogen and oxygen atoms in total. The fourth-order valence-electron chi connectivity index (χ4n) is 3.77. The average molecular weight is 487 g/mol. The molecule has 0 fully saturated rings. The van der Waals surface area contributed by atoms with Crippen molar-refractivity contribution in [2.45, 2.75) is 11.4 Å². The summed E-state index contributed by atoms with van der Waals surface area (Å²) in [7, 11) is -2.20. The lowest BCUT2D eigenvalue weighted by Crippen LogP contribution is -2.09. The van der Waals surface area contributed by atoms with Gasteiger partial charge in [0.25, 0.3) is 0 Å². The van der Waals surface area contributed by atoms with Crippen molar-refractivity contribution in [3.05, 3.63) is 84.9 Å². The highest BCUT2D eigenvalue weighted by atomic mass is 32.2. The van der Waals surface area contributed by atoms with E-state index in [1.54, 1.807) is 10.7 Å². The number of anilines is 1. The zero-order chi connectivity index (χ0) is 24.4. The van der Waals surface area contributed by atoms with Gasteiger partial charge in [0.05, 0.1) is 19.3 Å². The molecule has 0 saturated carbocycles. The third-order valence-electron chi connectivity index (χ3n) is 5.43. The molecule has 5 aromatic rings. The van der Waals surface area contributed by atoms with Crippen LogP contribution in [0.4, 0.5) is 5.82 Å². The molecule has 1 N–H and O–H groups in total. The second-order valence-corrected chi connectivity index (χ2v) is 9.83. The van der Waals surface area contributed by atoms with Gasteiger partial charge in [0.1, 0.15) is 10.4 Å². The molecule has 35 heavy (non-hydrogen) atoms. The van der Waals surface area contributed by atoms with Crippen LogP contribution < -0.4 is 10.1 Å². The molecule has 5 rings (SSSR count). The monoisotopic (exact) mass is 486 g/mol. The van der Waals surface area contributed by atoms with Crippen molar-refractivity contribution in [3.8, 4) is 28.4 Å². The summed E-state index contributed by atoms with van der Waals surface area (Å²) in [5, 5.41) is 8.04. The molecule has 0 amide bonds. The lowest BCUT2D eigenvalue weighted by Gasteiger charge is -2.12. The van der Waals surface area contributed by atoms with E-state index in [1.807, 2.05) is 60.8 Å². The molecule has 0 radical (unpaired) electrons. The zero-order valence-corrected chi connectivity index (χ0v) is 19.9. The molecule has 0 aliphatic rings. The van der Waals surface area contributed by atoms with Crippen molar-refractivity contribution in [2.75, 3.05) is 18.7 Å². The van der Waals surface area contributed by atoms with Crippen LogP contribution in [0.1, 0.15) is 5.69 Å². The van der Waals surface area contributed by atoms with E-state index in [9.17, 15) is 8.42 Å². The van der Waals surface area contributed by atoms with Crippen LogP contribution in [0.2, 0.25) is 0 Å². The maximum absolute atomic E-state index is 12.3. The zero-order valence-electron chi connectivity index (χ0n) is 19.1. The lowest BCUT2D eigenvalue weighted by molar-refractivity contribution is 0.385. The van der Waals surface area contributed by atoms with Crippen LogP contribution in [0.3, 0.4) is 0 Å². The van der Waals surface area contributed by atoms with E-state index in [4.69, 9.17) is 9.72 Å². The van der Waals surface area contributed by atoms with Gasteiger partial charge in [-0.15, -0.1) is 5.10 Å². The molecule has 4 aromatic heterocycles. The van der Waals surface area contributed by atoms with Crippen molar-refractivity contribution in [1.82, 2.24) is 24.6 Å². The van der Waals surface area contributed by atoms with Crippen molar-refractivity contribution in [2.24, 2.45) is 0 Å². The summed E-state index contributed by atoms with van der Waals surface area (Å²) in [6.07, 6.45) is 6.20. The third-order valence-corrected chi connectivity index (χ3v) is 6.52. The number of fused-ring (bicyclic) bond motifs is 1. The first-order chi connectivity index (χ1) is 16.9. The first kappa shape index (κ1) is 22.5. The number of benzene rings is 1. The number of methoxy groups -OCH3 is 1. The second kappa shape index (κ2) is 9.15. The van der Waals surface area contributed by atoms with Crippen LogP contribution in [0.5, 0.6) is 5.88 Å². The number of nitrogens with one attached hydrogen (secondary N) is 1. The van der Waals surface area contributed by atoms with Gasteiger partial charge < -0.3 is 10.1 Å². The summed E-state index contributed by atoms with van der Waals surface area (Å²) in [6, 6.07) is 19.1. The highest BCUT2D eigenvalue weighted by molar-refractivity contribution is 7.90. The van der Waals surface area contributed by atoms with Gasteiger partial charge in [-0.1, -0.05) is 36.4 Å². The van der Waals surface area contributed by atoms with Crippen molar-refractivity contribution in [1.29, 1.82) is 0 Å². The normalized spacial score (nSPS) is 11.5. The number of aromatic nitrogens is 5. The van der Waals surface area contributed by atoms with E-state index in [2.05, 4.69) is 20.4 Å². The molecule has 0 aliphatic heterocycles. The minimum Gasteiger partial charge on any atom is -0.480 e. The van der Waals surface area contributed by atoms with Gasteiger partial charge in [0.2, 0.25) is 5.88 Å². The Morgan fingerprint density at radius 1 is 1.00 bits per heavy atom. The van der Waals surface area contributed by atoms with Crippen LogP contribution in [-0.4, -0.2) is 46.3 Å². The maximum atomic E-state index is 12.3. The molecular formula is C25H22N6O3S. The number of hydrogen-bond donors (Lipinski definition) is 1. The van der Waals surface area contributed by atoms with E-state index in [-0.39, 0.29) is 10.8 Å². The van der Waals surface area contributed by atoms with Crippen LogP contribution >= 0.6 is 0 Å². The minimum absolute atomic E-state index is 0.0261. The Morgan fingerprint density at radius 3 is 2.51 bits per heavy atom. The van der Waals surface area contributed by atoms with Gasteiger partial charge in [-0.3, -0.25) is 4.98 Å². The molecular weight excluding hydrogens is 464 g/mol. The van der Waals surface area contributed by atoms with Crippen molar-refractivity contribution >= 4 is 21.2 Å². The first-order valence-corrected chi connectivity index (χ1v) is 12.7. The van der Waals surface area contributed by atoms with Crippen LogP contribution in [0, 0.1) is 0 Å². The molecule has 0 saturated heterocycles. The van der Waals surface area contributed by atoms with E-state index in [1.165, 1.54) is 19.4 Å². The molecule has 0 atom stereocenters. The number of sulfone groups is 1. The Bertz CT molecular complexity index is 1600. The van der Waals surface area contributed by atoms with E-state index < -0.39 is 9.84 Å². The van der Waals surface area contributed by atoms with E-state index in [0.717, 1.165) is 28.6 Å². The first-order valence-electron chi connectivity index (χ1n) is 10.8. The van der Waals surface area contributed by atoms with Gasteiger partial charge in [-0.2, -0.15) is 0 Å². The molecule has 0 spiro atoms. The Labute approximate surface area is 202 Å². The molecule has 176 valence electrons. The molecule has 0 unspecified atom stereocenters. The molecule has 1 aromatic carbocycles. The van der Waals surface area contributed by atoms with E-state index >= 15 is 0 Å². The standard InChI is InChI=1S/C25H22N6O3S/c1-34-25-21(35(2,32)33)14-18(15-28-25)23-29-24(27-16-19-10-6-7-12-26-19)22-20(11-13-31(22)30-23)17-8-4-3-5-9-17/h3-15H,16H2,1-2H3,(H,27,29,30). The third kappa shape index (κ3) is 4.56.